The van der Waals surface area contributed by atoms with Crippen LogP contribution in [0.15, 0.2) is 40.5 Å². The van der Waals surface area contributed by atoms with Gasteiger partial charge in [-0.1, -0.05) is 24.4 Å². The summed E-state index contributed by atoms with van der Waals surface area (Å²) in [4.78, 5) is 25.1. The minimum absolute atomic E-state index is 0.0232. The number of hydrogen-bond donors (Lipinski definition) is 3. The Morgan fingerprint density at radius 1 is 1.24 bits per heavy atom. The fourth-order valence-corrected chi connectivity index (χ4v) is 5.78. The highest BCUT2D eigenvalue weighted by molar-refractivity contribution is 7.89. The number of amides is 1. The second kappa shape index (κ2) is 10.4. The maximum Gasteiger partial charge on any atom is 0.259 e. The second-order valence-electron chi connectivity index (χ2n) is 8.09. The third-order valence-corrected chi connectivity index (χ3v) is 8.16. The molecule has 2 fully saturated rings. The molecule has 1 aliphatic carbocycles. The van der Waals surface area contributed by atoms with Crippen LogP contribution >= 0.6 is 11.6 Å². The number of H-pyrrole nitrogens is 1. The van der Waals surface area contributed by atoms with Gasteiger partial charge in [-0.25, -0.2) is 13.4 Å². The quantitative estimate of drug-likeness (QED) is 0.320. The monoisotopic (exact) mass is 504 g/mol. The lowest BCUT2D eigenvalue weighted by Gasteiger charge is -2.36. The molecule has 0 spiro atoms. The molecule has 0 bridgehead atoms. The molecule has 2 aromatic rings. The zero-order valence-electron chi connectivity index (χ0n) is 18.4. The van der Waals surface area contributed by atoms with Gasteiger partial charge >= 0.3 is 0 Å². The number of nitrogens with one attached hydrogen (secondary N) is 3. The van der Waals surface area contributed by atoms with Crippen molar-refractivity contribution in [3.63, 3.8) is 0 Å². The summed E-state index contributed by atoms with van der Waals surface area (Å²) in [6, 6.07) is 4.34. The number of aromatic nitrogens is 2. The van der Waals surface area contributed by atoms with E-state index in [4.69, 9.17) is 16.9 Å². The Hall–Kier alpha value is -3.14. The minimum atomic E-state index is -3.86. The van der Waals surface area contributed by atoms with Gasteiger partial charge in [0.2, 0.25) is 28.1 Å². The number of rotatable bonds is 5. The molecule has 2 aliphatic rings. The summed E-state index contributed by atoms with van der Waals surface area (Å²) in [6.45, 7) is 1.21. The number of piperazine rings is 1. The smallest absolute Gasteiger partial charge is 0.259 e. The average Bonchev–Trinajstić information content (AvgIpc) is 3.53. The van der Waals surface area contributed by atoms with Crippen molar-refractivity contribution in [2.24, 2.45) is 4.99 Å². The van der Waals surface area contributed by atoms with Crippen LogP contribution in [0.4, 0.5) is 5.95 Å². The SMILES string of the molecule is N#C/N=C(/NC1CCCC1)N1CCN(S(=O)(=O)c2ccc(Cl)c(C(=O)Nc3ncc[nH]3)c2)CC1. The van der Waals surface area contributed by atoms with Crippen molar-refractivity contribution < 1.29 is 13.2 Å². The number of aromatic amines is 1. The molecule has 1 aliphatic heterocycles. The minimum Gasteiger partial charge on any atom is -0.353 e. The van der Waals surface area contributed by atoms with Gasteiger partial charge in [0.15, 0.2) is 0 Å². The first-order chi connectivity index (χ1) is 16.4. The first-order valence-corrected chi connectivity index (χ1v) is 12.8. The lowest BCUT2D eigenvalue weighted by atomic mass is 10.2. The van der Waals surface area contributed by atoms with E-state index < -0.39 is 15.9 Å². The van der Waals surface area contributed by atoms with Gasteiger partial charge in [-0.2, -0.15) is 9.57 Å². The van der Waals surface area contributed by atoms with Gasteiger partial charge in [-0.3, -0.25) is 10.1 Å². The lowest BCUT2D eigenvalue weighted by molar-refractivity contribution is 0.102. The summed E-state index contributed by atoms with van der Waals surface area (Å²) in [5.74, 6) is 0.151. The number of nitrogens with zero attached hydrogens (tertiary/aromatic N) is 5. The molecular formula is C21H25ClN8O3S. The van der Waals surface area contributed by atoms with Crippen LogP contribution in [-0.2, 0) is 10.0 Å². The molecule has 180 valence electrons. The Bertz CT molecular complexity index is 1200. The Balaban J connectivity index is 1.45. The standard InChI is InChI=1S/C21H25ClN8O3S/c22-18-6-5-16(13-17(18)19(31)28-20-24-7-8-25-20)34(32,33)30-11-9-29(10-12-30)21(26-14-23)27-15-3-1-2-4-15/h5-8,13,15H,1-4,9-12H2,(H,26,27)(H2,24,25,28,31). The summed E-state index contributed by atoms with van der Waals surface area (Å²) >= 11 is 6.17. The van der Waals surface area contributed by atoms with Gasteiger partial charge in [-0.15, -0.1) is 4.99 Å². The average molecular weight is 505 g/mol. The van der Waals surface area contributed by atoms with E-state index in [1.807, 2.05) is 11.1 Å². The summed E-state index contributed by atoms with van der Waals surface area (Å²) in [5.41, 5.74) is 0.0296. The molecule has 2 heterocycles. The molecular weight excluding hydrogens is 480 g/mol. The van der Waals surface area contributed by atoms with E-state index in [0.717, 1.165) is 25.7 Å². The third kappa shape index (κ3) is 5.32. The molecule has 1 aromatic carbocycles. The van der Waals surface area contributed by atoms with Gasteiger partial charge in [0.05, 0.1) is 15.5 Å². The lowest BCUT2D eigenvalue weighted by Crippen LogP contribution is -2.54. The number of carbonyl (C=O) groups is 1. The fourth-order valence-electron chi connectivity index (χ4n) is 4.13. The Morgan fingerprint density at radius 3 is 2.62 bits per heavy atom. The summed E-state index contributed by atoms with van der Waals surface area (Å²) in [5, 5.41) is 15.1. The van der Waals surface area contributed by atoms with Crippen LogP contribution in [0.3, 0.4) is 0 Å². The molecule has 4 rings (SSSR count). The predicted molar refractivity (Wildman–Crippen MR) is 127 cm³/mol. The van der Waals surface area contributed by atoms with Crippen molar-refractivity contribution in [1.29, 1.82) is 5.26 Å². The number of anilines is 1. The number of aliphatic imine (C=N–C) groups is 1. The van der Waals surface area contributed by atoms with Crippen molar-refractivity contribution in [3.05, 3.63) is 41.2 Å². The van der Waals surface area contributed by atoms with Crippen molar-refractivity contribution in [2.75, 3.05) is 31.5 Å². The van der Waals surface area contributed by atoms with E-state index in [1.165, 1.54) is 28.7 Å². The van der Waals surface area contributed by atoms with Gasteiger partial charge in [0.1, 0.15) is 0 Å². The number of benzene rings is 1. The zero-order valence-corrected chi connectivity index (χ0v) is 19.9. The van der Waals surface area contributed by atoms with Crippen LogP contribution in [0.2, 0.25) is 5.02 Å². The first-order valence-electron chi connectivity index (χ1n) is 11.0. The van der Waals surface area contributed by atoms with Crippen LogP contribution in [0, 0.1) is 11.5 Å². The largest absolute Gasteiger partial charge is 0.353 e. The Morgan fingerprint density at radius 2 is 1.97 bits per heavy atom. The number of halogens is 1. The maximum atomic E-state index is 13.3. The summed E-state index contributed by atoms with van der Waals surface area (Å²) in [6.07, 6.45) is 9.22. The van der Waals surface area contributed by atoms with E-state index in [2.05, 4.69) is 25.6 Å². The predicted octanol–water partition coefficient (Wildman–Crippen LogP) is 1.99. The van der Waals surface area contributed by atoms with Crippen LogP contribution in [0.5, 0.6) is 0 Å². The number of guanidine groups is 1. The molecule has 13 heteroatoms. The van der Waals surface area contributed by atoms with Crippen LogP contribution < -0.4 is 10.6 Å². The molecule has 0 atom stereocenters. The van der Waals surface area contributed by atoms with E-state index in [1.54, 1.807) is 6.20 Å². The Labute approximate surface area is 202 Å². The van der Waals surface area contributed by atoms with Crippen LogP contribution in [-0.4, -0.2) is 71.7 Å². The molecule has 1 aromatic heterocycles. The van der Waals surface area contributed by atoms with Crippen molar-refractivity contribution >= 4 is 39.4 Å². The topological polar surface area (TPSA) is 147 Å². The van der Waals surface area contributed by atoms with Gasteiger partial charge in [0.25, 0.3) is 5.91 Å². The molecule has 1 saturated carbocycles. The number of hydrogen-bond acceptors (Lipinski definition) is 6. The van der Waals surface area contributed by atoms with E-state index in [9.17, 15) is 13.2 Å². The highest BCUT2D eigenvalue weighted by Gasteiger charge is 2.31. The molecule has 0 radical (unpaired) electrons. The molecule has 1 saturated heterocycles. The van der Waals surface area contributed by atoms with Crippen LogP contribution in [0.25, 0.3) is 0 Å². The zero-order chi connectivity index (χ0) is 24.1. The summed E-state index contributed by atoms with van der Waals surface area (Å²) in [7, 11) is -3.86. The molecule has 0 unspecified atom stereocenters. The fraction of sp³-hybridized carbons (Fsp3) is 0.429. The van der Waals surface area contributed by atoms with E-state index >= 15 is 0 Å². The van der Waals surface area contributed by atoms with Gasteiger partial charge in [-0.05, 0) is 31.0 Å². The van der Waals surface area contributed by atoms with Crippen LogP contribution in [0.1, 0.15) is 36.0 Å². The van der Waals surface area contributed by atoms with Crippen molar-refractivity contribution in [1.82, 2.24) is 24.5 Å². The summed E-state index contributed by atoms with van der Waals surface area (Å²) < 4.78 is 27.9. The normalized spacial score (nSPS) is 18.0. The number of sulfonamides is 1. The first kappa shape index (κ1) is 24.0. The molecule has 11 nitrogen and oxygen atoms in total. The number of carbonyl (C=O) groups excluding carboxylic acids is 1. The second-order valence-corrected chi connectivity index (χ2v) is 10.4. The highest BCUT2D eigenvalue weighted by atomic mass is 35.5. The van der Waals surface area contributed by atoms with Crippen molar-refractivity contribution in [2.45, 2.75) is 36.6 Å². The molecule has 34 heavy (non-hydrogen) atoms. The van der Waals surface area contributed by atoms with Gasteiger partial charge < -0.3 is 15.2 Å². The van der Waals surface area contributed by atoms with E-state index in [-0.39, 0.29) is 40.6 Å². The number of imidazole rings is 1. The Kier molecular flexibility index (Phi) is 7.35. The molecule has 3 N–H and O–H groups in total. The maximum absolute atomic E-state index is 13.3. The van der Waals surface area contributed by atoms with Gasteiger partial charge in [0, 0.05) is 44.6 Å². The number of nitriles is 1. The van der Waals surface area contributed by atoms with E-state index in [0.29, 0.717) is 19.0 Å². The molecule has 1 amide bonds. The van der Waals surface area contributed by atoms with Crippen molar-refractivity contribution in [3.8, 4) is 6.19 Å². The highest BCUT2D eigenvalue weighted by Crippen LogP contribution is 2.25. The third-order valence-electron chi connectivity index (χ3n) is 5.93.